The molecule has 27 heavy (non-hydrogen) atoms. The number of nitrogens with zero attached hydrogens (tertiary/aromatic N) is 2. The standard InChI is InChI=1S/C20H23N3O3S/c1-15(2)19-12-18(8-9-20(19)26-3)27(24,25)22-13-16-4-6-17(7-5-16)23-11-10-21-14-23/h4-12,14-15,22H,13H2,1-3H3. The first-order chi connectivity index (χ1) is 12.9. The quantitative estimate of drug-likeness (QED) is 0.676. The van der Waals surface area contributed by atoms with Crippen LogP contribution in [0.15, 0.2) is 66.1 Å². The number of imidazole rings is 1. The average Bonchev–Trinajstić information content (AvgIpc) is 3.21. The molecule has 0 atom stereocenters. The number of hydrogen-bond donors (Lipinski definition) is 1. The van der Waals surface area contributed by atoms with Gasteiger partial charge in [0.25, 0.3) is 0 Å². The van der Waals surface area contributed by atoms with Crippen LogP contribution in [0.3, 0.4) is 0 Å². The minimum atomic E-state index is -3.61. The Hall–Kier alpha value is -2.64. The Labute approximate surface area is 159 Å². The smallest absolute Gasteiger partial charge is 0.240 e. The molecular weight excluding hydrogens is 362 g/mol. The Morgan fingerprint density at radius 2 is 1.89 bits per heavy atom. The summed E-state index contributed by atoms with van der Waals surface area (Å²) in [5.74, 6) is 0.852. The third kappa shape index (κ3) is 4.37. The van der Waals surface area contributed by atoms with Crippen LogP contribution in [0.25, 0.3) is 5.69 Å². The molecule has 0 saturated heterocycles. The van der Waals surface area contributed by atoms with Crippen LogP contribution in [0.1, 0.15) is 30.9 Å². The molecule has 3 rings (SSSR count). The molecule has 1 aromatic heterocycles. The second kappa shape index (κ2) is 7.94. The molecule has 7 heteroatoms. The summed E-state index contributed by atoms with van der Waals surface area (Å²) < 4.78 is 35.2. The summed E-state index contributed by atoms with van der Waals surface area (Å²) in [7, 11) is -2.03. The van der Waals surface area contributed by atoms with E-state index in [9.17, 15) is 8.42 Å². The second-order valence-electron chi connectivity index (χ2n) is 6.52. The monoisotopic (exact) mass is 385 g/mol. The van der Waals surface area contributed by atoms with Crippen molar-refractivity contribution in [2.45, 2.75) is 31.2 Å². The summed E-state index contributed by atoms with van der Waals surface area (Å²) in [6.45, 7) is 4.22. The highest BCUT2D eigenvalue weighted by Gasteiger charge is 2.17. The summed E-state index contributed by atoms with van der Waals surface area (Å²) in [6.07, 6.45) is 5.28. The van der Waals surface area contributed by atoms with Crippen molar-refractivity contribution in [2.24, 2.45) is 0 Å². The summed E-state index contributed by atoms with van der Waals surface area (Å²) in [4.78, 5) is 4.26. The third-order valence-corrected chi connectivity index (χ3v) is 5.74. The molecule has 0 radical (unpaired) electrons. The number of methoxy groups -OCH3 is 1. The maximum absolute atomic E-state index is 12.7. The van der Waals surface area contributed by atoms with Crippen LogP contribution in [0.2, 0.25) is 0 Å². The molecule has 1 heterocycles. The minimum Gasteiger partial charge on any atom is -0.496 e. The van der Waals surface area contributed by atoms with Gasteiger partial charge in [-0.05, 0) is 47.4 Å². The molecule has 0 bridgehead atoms. The zero-order chi connectivity index (χ0) is 19.4. The molecular formula is C20H23N3O3S. The number of benzene rings is 2. The summed E-state index contributed by atoms with van der Waals surface area (Å²) in [5.41, 5.74) is 2.71. The summed E-state index contributed by atoms with van der Waals surface area (Å²) in [5, 5.41) is 0. The maximum Gasteiger partial charge on any atom is 0.240 e. The van der Waals surface area contributed by atoms with Gasteiger partial charge in [0.15, 0.2) is 0 Å². The number of ether oxygens (including phenoxy) is 1. The van der Waals surface area contributed by atoms with E-state index in [1.54, 1.807) is 37.8 Å². The van der Waals surface area contributed by atoms with E-state index in [0.29, 0.717) is 5.75 Å². The zero-order valence-electron chi connectivity index (χ0n) is 15.6. The largest absolute Gasteiger partial charge is 0.496 e. The van der Waals surface area contributed by atoms with Crippen LogP contribution in [-0.4, -0.2) is 25.1 Å². The van der Waals surface area contributed by atoms with Gasteiger partial charge in [-0.25, -0.2) is 18.1 Å². The predicted octanol–water partition coefficient (Wildman–Crippen LogP) is 3.48. The Bertz CT molecular complexity index is 995. The van der Waals surface area contributed by atoms with Crippen LogP contribution in [0.5, 0.6) is 5.75 Å². The van der Waals surface area contributed by atoms with E-state index in [-0.39, 0.29) is 17.4 Å². The van der Waals surface area contributed by atoms with Gasteiger partial charge >= 0.3 is 0 Å². The molecule has 0 spiro atoms. The van der Waals surface area contributed by atoms with Crippen molar-refractivity contribution in [3.05, 3.63) is 72.3 Å². The molecule has 0 unspecified atom stereocenters. The van der Waals surface area contributed by atoms with E-state index in [4.69, 9.17) is 4.74 Å². The molecule has 3 aromatic rings. The Morgan fingerprint density at radius 3 is 2.48 bits per heavy atom. The molecule has 2 aromatic carbocycles. The third-order valence-electron chi connectivity index (χ3n) is 4.34. The van der Waals surface area contributed by atoms with E-state index in [1.807, 2.05) is 48.9 Å². The van der Waals surface area contributed by atoms with Crippen molar-refractivity contribution in [3.63, 3.8) is 0 Å². The molecule has 0 aliphatic heterocycles. The van der Waals surface area contributed by atoms with E-state index < -0.39 is 10.0 Å². The highest BCUT2D eigenvalue weighted by Crippen LogP contribution is 2.28. The van der Waals surface area contributed by atoms with Gasteiger partial charge in [-0.1, -0.05) is 26.0 Å². The van der Waals surface area contributed by atoms with E-state index >= 15 is 0 Å². The van der Waals surface area contributed by atoms with E-state index in [1.165, 1.54) is 0 Å². The fourth-order valence-electron chi connectivity index (χ4n) is 2.79. The molecule has 6 nitrogen and oxygen atoms in total. The van der Waals surface area contributed by atoms with E-state index in [2.05, 4.69) is 9.71 Å². The Kier molecular flexibility index (Phi) is 5.62. The normalized spacial score (nSPS) is 11.7. The van der Waals surface area contributed by atoms with Gasteiger partial charge in [0.05, 0.1) is 18.3 Å². The summed E-state index contributed by atoms with van der Waals surface area (Å²) >= 11 is 0. The molecule has 0 fully saturated rings. The number of hydrogen-bond acceptors (Lipinski definition) is 4. The lowest BCUT2D eigenvalue weighted by Gasteiger charge is -2.14. The van der Waals surface area contributed by atoms with Gasteiger partial charge in [0.2, 0.25) is 10.0 Å². The fraction of sp³-hybridized carbons (Fsp3) is 0.250. The van der Waals surface area contributed by atoms with Crippen LogP contribution in [-0.2, 0) is 16.6 Å². The van der Waals surface area contributed by atoms with Gasteiger partial charge < -0.3 is 9.30 Å². The summed E-state index contributed by atoms with van der Waals surface area (Å²) in [6, 6.07) is 12.6. The SMILES string of the molecule is COc1ccc(S(=O)(=O)NCc2ccc(-n3ccnc3)cc2)cc1C(C)C. The average molecular weight is 385 g/mol. The van der Waals surface area contributed by atoms with Crippen molar-refractivity contribution in [1.82, 2.24) is 14.3 Å². The van der Waals surface area contributed by atoms with Crippen molar-refractivity contribution >= 4 is 10.0 Å². The van der Waals surface area contributed by atoms with Gasteiger partial charge in [-0.15, -0.1) is 0 Å². The fourth-order valence-corrected chi connectivity index (χ4v) is 3.84. The van der Waals surface area contributed by atoms with Gasteiger partial charge in [0, 0.05) is 24.6 Å². The van der Waals surface area contributed by atoms with Crippen molar-refractivity contribution in [3.8, 4) is 11.4 Å². The first kappa shape index (κ1) is 19.1. The molecule has 0 amide bonds. The first-order valence-corrected chi connectivity index (χ1v) is 10.1. The number of nitrogens with one attached hydrogen (secondary N) is 1. The van der Waals surface area contributed by atoms with Gasteiger partial charge in [-0.2, -0.15) is 0 Å². The topological polar surface area (TPSA) is 73.2 Å². The highest BCUT2D eigenvalue weighted by atomic mass is 32.2. The molecule has 0 saturated carbocycles. The van der Waals surface area contributed by atoms with Crippen LogP contribution >= 0.6 is 0 Å². The zero-order valence-corrected chi connectivity index (χ0v) is 16.4. The Morgan fingerprint density at radius 1 is 1.15 bits per heavy atom. The Balaban J connectivity index is 1.74. The number of aromatic nitrogens is 2. The van der Waals surface area contributed by atoms with Crippen molar-refractivity contribution in [1.29, 1.82) is 0 Å². The van der Waals surface area contributed by atoms with Crippen LogP contribution in [0, 0.1) is 0 Å². The van der Waals surface area contributed by atoms with E-state index in [0.717, 1.165) is 16.8 Å². The van der Waals surface area contributed by atoms with Crippen molar-refractivity contribution in [2.75, 3.05) is 7.11 Å². The first-order valence-electron chi connectivity index (χ1n) is 8.65. The van der Waals surface area contributed by atoms with Crippen molar-refractivity contribution < 1.29 is 13.2 Å². The predicted molar refractivity (Wildman–Crippen MR) is 105 cm³/mol. The number of rotatable bonds is 7. The van der Waals surface area contributed by atoms with Gasteiger partial charge in [-0.3, -0.25) is 0 Å². The molecule has 0 aliphatic carbocycles. The van der Waals surface area contributed by atoms with Crippen LogP contribution in [0.4, 0.5) is 0 Å². The lowest BCUT2D eigenvalue weighted by atomic mass is 10.0. The lowest BCUT2D eigenvalue weighted by molar-refractivity contribution is 0.407. The second-order valence-corrected chi connectivity index (χ2v) is 8.29. The minimum absolute atomic E-state index is 0.158. The molecule has 142 valence electrons. The van der Waals surface area contributed by atoms with Gasteiger partial charge in [0.1, 0.15) is 5.75 Å². The molecule has 0 aliphatic rings. The molecule has 1 N–H and O–H groups in total. The highest BCUT2D eigenvalue weighted by molar-refractivity contribution is 7.89. The maximum atomic E-state index is 12.7. The number of sulfonamides is 1. The van der Waals surface area contributed by atoms with Crippen LogP contribution < -0.4 is 9.46 Å². The lowest BCUT2D eigenvalue weighted by Crippen LogP contribution is -2.23.